The molecule has 1 amide bonds. The fraction of sp³-hybridized carbons (Fsp3) is 0.385. The Hall–Kier alpha value is -3.66. The predicted molar refractivity (Wildman–Crippen MR) is 127 cm³/mol. The number of hydrogen-bond acceptors (Lipinski definition) is 5. The van der Waals surface area contributed by atoms with Crippen LogP contribution in [0.2, 0.25) is 0 Å². The first-order valence-electron chi connectivity index (χ1n) is 11.6. The number of nitrogens with zero attached hydrogens (tertiary/aromatic N) is 5. The fourth-order valence-electron chi connectivity index (χ4n) is 6.06. The van der Waals surface area contributed by atoms with Gasteiger partial charge in [-0.15, -0.1) is 0 Å². The lowest BCUT2D eigenvalue weighted by Gasteiger charge is -2.47. The van der Waals surface area contributed by atoms with Crippen molar-refractivity contribution in [1.29, 1.82) is 5.26 Å². The average Bonchev–Trinajstić information content (AvgIpc) is 3.55. The summed E-state index contributed by atoms with van der Waals surface area (Å²) in [4.78, 5) is 21.2. The third-order valence-electron chi connectivity index (χ3n) is 7.68. The van der Waals surface area contributed by atoms with E-state index in [1.165, 1.54) is 11.6 Å². The third kappa shape index (κ3) is 2.90. The van der Waals surface area contributed by atoms with Crippen molar-refractivity contribution in [2.24, 2.45) is 5.41 Å². The number of anilines is 1. The zero-order chi connectivity index (χ0) is 22.7. The molecule has 2 saturated heterocycles. The largest absolute Gasteiger partial charge is 0.355 e. The van der Waals surface area contributed by atoms with E-state index in [1.54, 1.807) is 0 Å². The molecule has 3 aromatic rings. The fourth-order valence-corrected chi connectivity index (χ4v) is 6.06. The molecule has 0 atom stereocenters. The summed E-state index contributed by atoms with van der Waals surface area (Å²) in [7, 11) is 0. The van der Waals surface area contributed by atoms with Gasteiger partial charge in [-0.3, -0.25) is 9.89 Å². The summed E-state index contributed by atoms with van der Waals surface area (Å²) >= 11 is 0. The van der Waals surface area contributed by atoms with E-state index in [2.05, 4.69) is 40.7 Å². The molecule has 1 aliphatic carbocycles. The van der Waals surface area contributed by atoms with Crippen molar-refractivity contribution in [1.82, 2.24) is 20.1 Å². The normalized spacial score (nSPS) is 18.4. The lowest BCUT2D eigenvalue weighted by atomic mass is 9.79. The third-order valence-corrected chi connectivity index (χ3v) is 7.68. The van der Waals surface area contributed by atoms with Gasteiger partial charge in [-0.05, 0) is 61.4 Å². The Kier molecular flexibility index (Phi) is 4.34. The van der Waals surface area contributed by atoms with E-state index < -0.39 is 0 Å². The number of benzene rings is 1. The van der Waals surface area contributed by atoms with Gasteiger partial charge in [0.25, 0.3) is 0 Å². The van der Waals surface area contributed by atoms with Gasteiger partial charge in [0.05, 0.1) is 11.7 Å². The Morgan fingerprint density at radius 2 is 2.12 bits per heavy atom. The zero-order valence-corrected chi connectivity index (χ0v) is 18.8. The number of amides is 1. The second kappa shape index (κ2) is 7.17. The Balaban J connectivity index is 1.46. The number of fused-ring (bicyclic) bond motifs is 2. The van der Waals surface area contributed by atoms with Crippen LogP contribution in [0.4, 0.5) is 5.82 Å². The van der Waals surface area contributed by atoms with Crippen LogP contribution < -0.4 is 4.90 Å². The van der Waals surface area contributed by atoms with Gasteiger partial charge in [0.1, 0.15) is 17.5 Å². The number of aromatic amines is 1. The molecule has 33 heavy (non-hydrogen) atoms. The number of H-pyrrole nitrogens is 1. The molecule has 7 heteroatoms. The molecule has 6 rings (SSSR count). The molecule has 3 aliphatic rings. The van der Waals surface area contributed by atoms with Crippen LogP contribution >= 0.6 is 0 Å². The monoisotopic (exact) mass is 438 g/mol. The molecule has 1 N–H and O–H groups in total. The van der Waals surface area contributed by atoms with E-state index in [-0.39, 0.29) is 11.3 Å². The number of likely N-dealkylation sites (tertiary alicyclic amines) is 1. The Bertz CT molecular complexity index is 1360. The zero-order valence-electron chi connectivity index (χ0n) is 18.8. The summed E-state index contributed by atoms with van der Waals surface area (Å²) in [6.45, 7) is 8.89. The van der Waals surface area contributed by atoms with Crippen molar-refractivity contribution in [3.8, 4) is 17.2 Å². The van der Waals surface area contributed by atoms with Gasteiger partial charge in [0, 0.05) is 48.2 Å². The van der Waals surface area contributed by atoms with Gasteiger partial charge in [-0.25, -0.2) is 4.98 Å². The molecule has 4 heterocycles. The van der Waals surface area contributed by atoms with Crippen LogP contribution in [-0.4, -0.2) is 52.2 Å². The van der Waals surface area contributed by atoms with E-state index in [1.807, 2.05) is 17.2 Å². The number of carbonyl (C=O) groups excluding carboxylic acids is 1. The molecule has 7 nitrogen and oxygen atoms in total. The number of aromatic nitrogens is 3. The van der Waals surface area contributed by atoms with Crippen LogP contribution in [0, 0.1) is 23.7 Å². The van der Waals surface area contributed by atoms with E-state index in [4.69, 9.17) is 4.98 Å². The molecule has 2 aliphatic heterocycles. The van der Waals surface area contributed by atoms with Gasteiger partial charge < -0.3 is 9.80 Å². The summed E-state index contributed by atoms with van der Waals surface area (Å²) in [5, 5.41) is 18.8. The standard InChI is InChI=1S/C26H26N6O/c1-3-22(33)32-14-26(15-32)9-10-31(13-26)25-18(11-27)24(17-5-4-6-20(17)29-25)23-16(2)7-8-21-19(23)12-28-30-21/h3,7-8,12H,1,4-6,9-10,13-15H2,2H3,(H,28,30). The van der Waals surface area contributed by atoms with Crippen LogP contribution in [0.3, 0.4) is 0 Å². The van der Waals surface area contributed by atoms with Crippen molar-refractivity contribution in [2.75, 3.05) is 31.1 Å². The quantitative estimate of drug-likeness (QED) is 0.632. The molecule has 1 spiro atoms. The minimum atomic E-state index is -0.00147. The molecule has 0 unspecified atom stereocenters. The number of nitrogens with one attached hydrogen (secondary N) is 1. The summed E-state index contributed by atoms with van der Waals surface area (Å²) in [5.74, 6) is 0.803. The molecule has 0 bridgehead atoms. The molecule has 0 saturated carbocycles. The van der Waals surface area contributed by atoms with Crippen molar-refractivity contribution in [2.45, 2.75) is 32.6 Å². The highest BCUT2D eigenvalue weighted by Crippen LogP contribution is 2.46. The first kappa shape index (κ1) is 20.0. The lowest BCUT2D eigenvalue weighted by Crippen LogP contribution is -2.59. The highest BCUT2D eigenvalue weighted by Gasteiger charge is 2.49. The minimum Gasteiger partial charge on any atom is -0.355 e. The molecular weight excluding hydrogens is 412 g/mol. The number of pyridine rings is 1. The second-order valence-electron chi connectivity index (χ2n) is 9.73. The smallest absolute Gasteiger partial charge is 0.245 e. The van der Waals surface area contributed by atoms with Crippen LogP contribution in [-0.2, 0) is 17.6 Å². The highest BCUT2D eigenvalue weighted by molar-refractivity contribution is 5.99. The van der Waals surface area contributed by atoms with Crippen molar-refractivity contribution in [3.63, 3.8) is 0 Å². The Morgan fingerprint density at radius 3 is 2.91 bits per heavy atom. The molecule has 2 fully saturated rings. The van der Waals surface area contributed by atoms with Gasteiger partial charge in [-0.2, -0.15) is 10.4 Å². The van der Waals surface area contributed by atoms with Crippen LogP contribution in [0.25, 0.3) is 22.0 Å². The first-order chi connectivity index (χ1) is 16.0. The van der Waals surface area contributed by atoms with E-state index in [9.17, 15) is 10.1 Å². The van der Waals surface area contributed by atoms with Gasteiger partial charge >= 0.3 is 0 Å². The van der Waals surface area contributed by atoms with Gasteiger partial charge in [0.2, 0.25) is 5.91 Å². The summed E-state index contributed by atoms with van der Waals surface area (Å²) in [6, 6.07) is 6.69. The first-order valence-corrected chi connectivity index (χ1v) is 11.6. The molecule has 0 radical (unpaired) electrons. The van der Waals surface area contributed by atoms with Crippen LogP contribution in [0.1, 0.15) is 35.2 Å². The van der Waals surface area contributed by atoms with Crippen molar-refractivity contribution in [3.05, 3.63) is 53.4 Å². The maximum absolute atomic E-state index is 12.0. The van der Waals surface area contributed by atoms with E-state index in [0.29, 0.717) is 5.56 Å². The molecule has 2 aromatic heterocycles. The number of aryl methyl sites for hydroxylation is 2. The molecular formula is C26H26N6O. The maximum atomic E-state index is 12.0. The SMILES string of the molecule is C=CC(=O)N1CC2(CCN(c3nc4c(c(-c5c(C)ccc6[nH]ncc56)c3C#N)CCC4)C2)C1. The van der Waals surface area contributed by atoms with Crippen molar-refractivity contribution < 1.29 is 4.79 Å². The summed E-state index contributed by atoms with van der Waals surface area (Å²) < 4.78 is 0. The Morgan fingerprint density at radius 1 is 1.27 bits per heavy atom. The van der Waals surface area contributed by atoms with Crippen LogP contribution in [0.5, 0.6) is 0 Å². The summed E-state index contributed by atoms with van der Waals surface area (Å²) in [6.07, 6.45) is 7.21. The topological polar surface area (TPSA) is 88.9 Å². The Labute approximate surface area is 192 Å². The van der Waals surface area contributed by atoms with E-state index in [0.717, 1.165) is 91.0 Å². The maximum Gasteiger partial charge on any atom is 0.245 e. The average molecular weight is 439 g/mol. The van der Waals surface area contributed by atoms with Gasteiger partial charge in [0.15, 0.2) is 0 Å². The number of carbonyl (C=O) groups is 1. The van der Waals surface area contributed by atoms with Gasteiger partial charge in [-0.1, -0.05) is 12.6 Å². The van der Waals surface area contributed by atoms with Crippen LogP contribution in [0.15, 0.2) is 31.0 Å². The molecule has 166 valence electrons. The predicted octanol–water partition coefficient (Wildman–Crippen LogP) is 3.52. The lowest BCUT2D eigenvalue weighted by molar-refractivity contribution is -0.136. The van der Waals surface area contributed by atoms with E-state index >= 15 is 0 Å². The molecule has 1 aromatic carbocycles. The van der Waals surface area contributed by atoms with Crippen molar-refractivity contribution >= 4 is 22.6 Å². The number of nitriles is 1. The number of rotatable bonds is 3. The number of hydrogen-bond donors (Lipinski definition) is 1. The second-order valence-corrected chi connectivity index (χ2v) is 9.73. The minimum absolute atomic E-state index is 0.00147. The summed E-state index contributed by atoms with van der Waals surface area (Å²) in [5.41, 5.74) is 7.35. The highest BCUT2D eigenvalue weighted by atomic mass is 16.2.